The molecule has 19 heavy (non-hydrogen) atoms. The zero-order valence-corrected chi connectivity index (χ0v) is 11.6. The van der Waals surface area contributed by atoms with E-state index in [9.17, 15) is 18.4 Å². The van der Waals surface area contributed by atoms with E-state index in [4.69, 9.17) is 5.11 Å². The molecule has 110 valence electrons. The molecule has 1 amide bonds. The molecule has 1 fully saturated rings. The molecule has 0 heterocycles. The largest absolute Gasteiger partial charge is 0.480 e. The molecule has 0 radical (unpaired) electrons. The van der Waals surface area contributed by atoms with Gasteiger partial charge in [0.25, 0.3) is 0 Å². The second-order valence-electron chi connectivity index (χ2n) is 4.81. The Morgan fingerprint density at radius 3 is 2.47 bits per heavy atom. The second-order valence-corrected chi connectivity index (χ2v) is 5.80. The summed E-state index contributed by atoms with van der Waals surface area (Å²) in [7, 11) is 0. The van der Waals surface area contributed by atoms with Gasteiger partial charge in [0.1, 0.15) is 6.04 Å². The Hall–Kier alpha value is -0.850. The SMILES string of the molecule is CSCC[C@@H](NC(=O)C1CCC(F)(F)CC1)C(=O)O. The van der Waals surface area contributed by atoms with Gasteiger partial charge in [-0.25, -0.2) is 13.6 Å². The normalized spacial score (nSPS) is 20.8. The molecule has 1 atom stereocenters. The van der Waals surface area contributed by atoms with Crippen molar-refractivity contribution in [1.82, 2.24) is 5.32 Å². The predicted octanol–water partition coefficient (Wildman–Crippen LogP) is 2.13. The number of aliphatic carboxylic acids is 1. The lowest BCUT2D eigenvalue weighted by molar-refractivity contribution is -0.143. The van der Waals surface area contributed by atoms with Crippen molar-refractivity contribution in [2.75, 3.05) is 12.0 Å². The van der Waals surface area contributed by atoms with Gasteiger partial charge in [-0.15, -0.1) is 0 Å². The zero-order valence-electron chi connectivity index (χ0n) is 10.8. The molecule has 0 spiro atoms. The molecular weight excluding hydrogens is 276 g/mol. The minimum absolute atomic E-state index is 0.119. The average Bonchev–Trinajstić information content (AvgIpc) is 2.33. The minimum Gasteiger partial charge on any atom is -0.480 e. The van der Waals surface area contributed by atoms with E-state index in [1.54, 1.807) is 0 Å². The van der Waals surface area contributed by atoms with Crippen molar-refractivity contribution in [3.8, 4) is 0 Å². The summed E-state index contributed by atoms with van der Waals surface area (Å²) in [6.07, 6.45) is 1.83. The number of carbonyl (C=O) groups excluding carboxylic acids is 1. The van der Waals surface area contributed by atoms with Crippen LogP contribution in [0.25, 0.3) is 0 Å². The number of halogens is 2. The number of carbonyl (C=O) groups is 2. The van der Waals surface area contributed by atoms with Crippen LogP contribution < -0.4 is 5.32 Å². The summed E-state index contributed by atoms with van der Waals surface area (Å²) in [5, 5.41) is 11.4. The van der Waals surface area contributed by atoms with Crippen molar-refractivity contribution in [3.63, 3.8) is 0 Å². The van der Waals surface area contributed by atoms with E-state index in [0.717, 1.165) is 0 Å². The van der Waals surface area contributed by atoms with E-state index in [1.165, 1.54) is 11.8 Å². The van der Waals surface area contributed by atoms with Gasteiger partial charge in [-0.1, -0.05) is 0 Å². The highest BCUT2D eigenvalue weighted by Crippen LogP contribution is 2.36. The number of carboxylic acid groups (broad SMARTS) is 1. The molecule has 0 bridgehead atoms. The summed E-state index contributed by atoms with van der Waals surface area (Å²) >= 11 is 1.50. The zero-order chi connectivity index (χ0) is 14.5. The van der Waals surface area contributed by atoms with Crippen LogP contribution in [0.4, 0.5) is 8.78 Å². The van der Waals surface area contributed by atoms with Crippen molar-refractivity contribution in [3.05, 3.63) is 0 Å². The lowest BCUT2D eigenvalue weighted by Gasteiger charge is -2.28. The van der Waals surface area contributed by atoms with Crippen LogP contribution in [0, 0.1) is 5.92 Å². The fourth-order valence-electron chi connectivity index (χ4n) is 2.08. The quantitative estimate of drug-likeness (QED) is 0.788. The number of hydrogen-bond donors (Lipinski definition) is 2. The average molecular weight is 295 g/mol. The van der Waals surface area contributed by atoms with Crippen LogP contribution in [0.5, 0.6) is 0 Å². The van der Waals surface area contributed by atoms with Gasteiger partial charge in [-0.05, 0) is 31.3 Å². The summed E-state index contributed by atoms with van der Waals surface area (Å²) in [4.78, 5) is 22.8. The molecule has 0 saturated heterocycles. The first-order valence-corrected chi connectivity index (χ1v) is 7.65. The monoisotopic (exact) mass is 295 g/mol. The van der Waals surface area contributed by atoms with E-state index in [1.807, 2.05) is 6.26 Å². The Kier molecular flexibility index (Phi) is 6.03. The van der Waals surface area contributed by atoms with Gasteiger partial charge < -0.3 is 10.4 Å². The predicted molar refractivity (Wildman–Crippen MR) is 69.5 cm³/mol. The van der Waals surface area contributed by atoms with Gasteiger partial charge in [-0.2, -0.15) is 11.8 Å². The van der Waals surface area contributed by atoms with Gasteiger partial charge in [0.05, 0.1) is 0 Å². The number of rotatable bonds is 6. The van der Waals surface area contributed by atoms with Crippen LogP contribution in [0.15, 0.2) is 0 Å². The molecule has 1 aliphatic rings. The molecule has 0 aromatic heterocycles. The Morgan fingerprint density at radius 2 is 2.00 bits per heavy atom. The number of amides is 1. The number of thioether (sulfide) groups is 1. The molecule has 1 aliphatic carbocycles. The summed E-state index contributed by atoms with van der Waals surface area (Å²) in [6, 6.07) is -0.928. The smallest absolute Gasteiger partial charge is 0.326 e. The molecular formula is C12H19F2NO3S. The van der Waals surface area contributed by atoms with E-state index in [0.29, 0.717) is 12.2 Å². The number of alkyl halides is 2. The molecule has 0 unspecified atom stereocenters. The Labute approximate surface area is 115 Å². The highest BCUT2D eigenvalue weighted by molar-refractivity contribution is 7.98. The fraction of sp³-hybridized carbons (Fsp3) is 0.833. The lowest BCUT2D eigenvalue weighted by Crippen LogP contribution is -2.45. The molecule has 0 aromatic rings. The van der Waals surface area contributed by atoms with Crippen molar-refractivity contribution >= 4 is 23.6 Å². The summed E-state index contributed by atoms with van der Waals surface area (Å²) in [6.45, 7) is 0. The topological polar surface area (TPSA) is 66.4 Å². The summed E-state index contributed by atoms with van der Waals surface area (Å²) in [5.41, 5.74) is 0. The van der Waals surface area contributed by atoms with Gasteiger partial charge in [0, 0.05) is 18.8 Å². The lowest BCUT2D eigenvalue weighted by atomic mass is 9.86. The maximum atomic E-state index is 13.0. The first-order chi connectivity index (χ1) is 8.85. The van der Waals surface area contributed by atoms with Crippen LogP contribution in [0.3, 0.4) is 0 Å². The standard InChI is InChI=1S/C12H19F2NO3S/c1-19-7-4-9(11(17)18)15-10(16)8-2-5-12(13,14)6-3-8/h8-9H,2-7H2,1H3,(H,15,16)(H,17,18)/t9-/m1/s1. The highest BCUT2D eigenvalue weighted by atomic mass is 32.2. The Balaban J connectivity index is 2.46. The molecule has 0 aliphatic heterocycles. The first-order valence-electron chi connectivity index (χ1n) is 6.25. The second kappa shape index (κ2) is 7.07. The third kappa shape index (κ3) is 5.34. The molecule has 2 N–H and O–H groups in total. The van der Waals surface area contributed by atoms with Crippen LogP contribution in [0.1, 0.15) is 32.1 Å². The van der Waals surface area contributed by atoms with Crippen molar-refractivity contribution in [2.24, 2.45) is 5.92 Å². The summed E-state index contributed by atoms with van der Waals surface area (Å²) in [5.74, 6) is -4.04. The summed E-state index contributed by atoms with van der Waals surface area (Å²) < 4.78 is 25.9. The maximum absolute atomic E-state index is 13.0. The Bertz CT molecular complexity index is 329. The molecule has 1 saturated carbocycles. The first kappa shape index (κ1) is 16.2. The maximum Gasteiger partial charge on any atom is 0.326 e. The molecule has 1 rings (SSSR count). The van der Waals surface area contributed by atoms with E-state index >= 15 is 0 Å². The van der Waals surface area contributed by atoms with Crippen LogP contribution >= 0.6 is 11.8 Å². The third-order valence-electron chi connectivity index (χ3n) is 3.31. The third-order valence-corrected chi connectivity index (χ3v) is 3.96. The molecule has 0 aromatic carbocycles. The fourth-order valence-corrected chi connectivity index (χ4v) is 2.56. The number of hydrogen-bond acceptors (Lipinski definition) is 3. The van der Waals surface area contributed by atoms with Crippen LogP contribution in [-0.4, -0.2) is 41.0 Å². The van der Waals surface area contributed by atoms with Gasteiger partial charge in [0.15, 0.2) is 0 Å². The van der Waals surface area contributed by atoms with Crippen LogP contribution in [0.2, 0.25) is 0 Å². The minimum atomic E-state index is -2.68. The molecule has 4 nitrogen and oxygen atoms in total. The van der Waals surface area contributed by atoms with Gasteiger partial charge in [0.2, 0.25) is 11.8 Å². The van der Waals surface area contributed by atoms with E-state index < -0.39 is 29.8 Å². The van der Waals surface area contributed by atoms with E-state index in [-0.39, 0.29) is 25.7 Å². The number of nitrogens with one attached hydrogen (secondary N) is 1. The van der Waals surface area contributed by atoms with Crippen molar-refractivity contribution < 1.29 is 23.5 Å². The Morgan fingerprint density at radius 1 is 1.42 bits per heavy atom. The van der Waals surface area contributed by atoms with Gasteiger partial charge in [-0.3, -0.25) is 4.79 Å². The number of carboxylic acids is 1. The van der Waals surface area contributed by atoms with Crippen molar-refractivity contribution in [2.45, 2.75) is 44.1 Å². The highest BCUT2D eigenvalue weighted by Gasteiger charge is 2.38. The van der Waals surface area contributed by atoms with Gasteiger partial charge >= 0.3 is 5.97 Å². The molecule has 7 heteroatoms. The van der Waals surface area contributed by atoms with Crippen LogP contribution in [-0.2, 0) is 9.59 Å². The van der Waals surface area contributed by atoms with E-state index in [2.05, 4.69) is 5.32 Å². The van der Waals surface area contributed by atoms with Crippen molar-refractivity contribution in [1.29, 1.82) is 0 Å².